The third-order valence-corrected chi connectivity index (χ3v) is 33.8. The average Bonchev–Trinajstić information content (AvgIpc) is 1.59. The number of fused-ring (bicyclic) bond motifs is 33. The summed E-state index contributed by atoms with van der Waals surface area (Å²) in [5, 5.41) is 31.1. The zero-order chi connectivity index (χ0) is 111. The zero-order valence-electron chi connectivity index (χ0n) is 94.4. The van der Waals surface area contributed by atoms with Gasteiger partial charge in [-0.15, -0.1) is 45.3 Å². The first kappa shape index (κ1) is 73.3. The number of thiophene rings is 4. The van der Waals surface area contributed by atoms with Gasteiger partial charge in [-0.1, -0.05) is 485 Å². The minimum Gasteiger partial charge on any atom is -0.134 e. The van der Waals surface area contributed by atoms with Crippen LogP contribution in [0.5, 0.6) is 0 Å². The summed E-state index contributed by atoms with van der Waals surface area (Å²) in [7, 11) is 0. The highest BCUT2D eigenvalue weighted by Gasteiger charge is 2.24. The van der Waals surface area contributed by atoms with E-state index in [-0.39, 0.29) is 95.2 Å². The van der Waals surface area contributed by atoms with Crippen LogP contribution in [0.1, 0.15) is 20.6 Å². The molecule has 4 heterocycles. The van der Waals surface area contributed by atoms with E-state index in [2.05, 4.69) is 364 Å². The van der Waals surface area contributed by atoms with Crippen LogP contribution in [0.25, 0.3) is 289 Å². The zero-order valence-corrected chi connectivity index (χ0v) is 82.7. The first-order valence-corrected chi connectivity index (χ1v) is 52.7. The summed E-state index contributed by atoms with van der Waals surface area (Å²) >= 11 is 7.15. The van der Waals surface area contributed by atoms with Gasteiger partial charge in [0.05, 0.1) is 20.6 Å². The Balaban J connectivity index is 0.000000102. The van der Waals surface area contributed by atoms with Crippen LogP contribution in [0.15, 0.2) is 546 Å². The second-order valence-corrected chi connectivity index (χ2v) is 41.7. The van der Waals surface area contributed by atoms with Crippen LogP contribution in [-0.2, 0) is 0 Å². The molecule has 0 aliphatic rings. The standard InChI is InChI=1S/C42H26S.C38H24S.2C32H20S/c1-2-10-27(11-3-1)31-21-23-38-40(26-31)43-42-37-22-20-30(25-39(37)35-17-6-7-18-36(35)41(38)42)29-14-8-15-32(24-29)34-19-9-13-28-12-4-5-16-33(28)34;1-3-10-25(11-4-1)27-14-9-15-28(22-27)29-18-20-33-35(23-29)31-16-7-8-17-32(31)37-34-21-19-30(24-36(34)39-38(33)37)26-12-5-2-6-13-26;2*1-3-9-21(10-4-1)23-15-17-27-29(19-23)25-13-7-8-14-26(25)31-28-18-16-24(20-30(28)33-32(27)31)22-11-5-2-6-12-22/h1-26H;1-24H;2*1-20H/i;;1D,2D,3D,4D,5D,6D,9D,10D,11D,12D;1D,3D,4D,9D,10D. The molecule has 31 aromatic rings. The summed E-state index contributed by atoms with van der Waals surface area (Å²) in [5.74, 6) is 0. The number of rotatable bonds is 10. The molecule has 0 spiro atoms. The smallest absolute Gasteiger partial charge is 0.0629 e. The van der Waals surface area contributed by atoms with Gasteiger partial charge in [0.1, 0.15) is 0 Å². The molecule has 27 aromatic carbocycles. The van der Waals surface area contributed by atoms with Crippen molar-refractivity contribution in [1.29, 1.82) is 0 Å². The lowest BCUT2D eigenvalue weighted by Gasteiger charge is -2.12. The van der Waals surface area contributed by atoms with Crippen LogP contribution in [0.3, 0.4) is 0 Å². The largest absolute Gasteiger partial charge is 0.134 e. The summed E-state index contributed by atoms with van der Waals surface area (Å²) in [5.41, 5.74) is 19.6. The van der Waals surface area contributed by atoms with Crippen LogP contribution in [0, 0.1) is 0 Å². The molecule has 148 heavy (non-hydrogen) atoms. The van der Waals surface area contributed by atoms with Gasteiger partial charge >= 0.3 is 0 Å². The quantitative estimate of drug-likeness (QED) is 0.120. The van der Waals surface area contributed by atoms with Crippen molar-refractivity contribution in [2.45, 2.75) is 0 Å². The highest BCUT2D eigenvalue weighted by Crippen LogP contribution is 2.53. The monoisotopic (exact) mass is 1960 g/mol. The predicted octanol–water partition coefficient (Wildman–Crippen LogP) is 43.3. The molecule has 31 rings (SSSR count). The van der Waals surface area contributed by atoms with Crippen molar-refractivity contribution >= 4 is 223 Å². The van der Waals surface area contributed by atoms with Crippen LogP contribution >= 0.6 is 45.3 Å². The Bertz CT molecular complexity index is 11600. The first-order valence-electron chi connectivity index (χ1n) is 57.0. The number of hydrogen-bond donors (Lipinski definition) is 0. The Morgan fingerprint density at radius 3 is 0.642 bits per heavy atom. The third kappa shape index (κ3) is 15.7. The van der Waals surface area contributed by atoms with Crippen LogP contribution < -0.4 is 0 Å². The molecule has 4 heteroatoms. The summed E-state index contributed by atoms with van der Waals surface area (Å²) in [6, 6.07) is 157. The van der Waals surface area contributed by atoms with E-state index in [0.29, 0.717) is 16.7 Å². The molecule has 0 radical (unpaired) electrons. The Morgan fingerprint density at radius 2 is 0.331 bits per heavy atom. The van der Waals surface area contributed by atoms with Crippen LogP contribution in [0.4, 0.5) is 0 Å². The van der Waals surface area contributed by atoms with Gasteiger partial charge in [-0.05, 0) is 247 Å². The molecular weight excluding hydrogens is 1860 g/mol. The Labute approximate surface area is 893 Å². The first-order chi connectivity index (χ1) is 79.6. The van der Waals surface area contributed by atoms with E-state index >= 15 is 0 Å². The van der Waals surface area contributed by atoms with Crippen molar-refractivity contribution in [2.24, 2.45) is 0 Å². The van der Waals surface area contributed by atoms with E-state index in [4.69, 9.17) is 20.6 Å². The van der Waals surface area contributed by atoms with E-state index in [1.165, 1.54) is 192 Å². The predicted molar refractivity (Wildman–Crippen MR) is 649 cm³/mol. The maximum absolute atomic E-state index is 8.48. The third-order valence-electron chi connectivity index (χ3n) is 29.1. The molecule has 0 aliphatic carbocycles. The highest BCUT2D eigenvalue weighted by molar-refractivity contribution is 7.28. The summed E-state index contributed by atoms with van der Waals surface area (Å²) in [6.45, 7) is 0. The fourth-order valence-electron chi connectivity index (χ4n) is 22.1. The van der Waals surface area contributed by atoms with Gasteiger partial charge in [0.25, 0.3) is 0 Å². The van der Waals surface area contributed by atoms with Gasteiger partial charge in [-0.3, -0.25) is 0 Å². The van der Waals surface area contributed by atoms with E-state index in [0.717, 1.165) is 63.3 Å². The molecule has 0 aliphatic heterocycles. The van der Waals surface area contributed by atoms with E-state index < -0.39 is 12.1 Å². The van der Waals surface area contributed by atoms with Gasteiger partial charge in [0.2, 0.25) is 0 Å². The summed E-state index contributed by atoms with van der Waals surface area (Å²) in [6.07, 6.45) is 0. The van der Waals surface area contributed by atoms with Crippen molar-refractivity contribution in [2.75, 3.05) is 0 Å². The Hall–Kier alpha value is -17.8. The number of hydrogen-bond acceptors (Lipinski definition) is 4. The lowest BCUT2D eigenvalue weighted by atomic mass is 9.92. The summed E-state index contributed by atoms with van der Waals surface area (Å²) < 4.78 is 133. The molecule has 0 N–H and O–H groups in total. The molecule has 0 nitrogen and oxygen atoms in total. The second-order valence-electron chi connectivity index (χ2n) is 37.4. The van der Waals surface area contributed by atoms with Crippen LogP contribution in [-0.4, -0.2) is 0 Å². The molecule has 0 fully saturated rings. The maximum Gasteiger partial charge on any atom is 0.0629 e. The normalized spacial score (nSPS) is 13.1. The van der Waals surface area contributed by atoms with Gasteiger partial charge in [-0.2, -0.15) is 0 Å². The topological polar surface area (TPSA) is 0 Å². The Morgan fingerprint density at radius 1 is 0.122 bits per heavy atom. The SMILES string of the molecule is [2H]c1c([2H])c([2H])c(-c2ccc3c(c2)c2ccccc2c2c4ccc(-c5ccccc5)cc4sc32)c([2H])c1[2H].[2H]c1c([2H])c([2H])c(-c2ccc3c(c2)sc2c4ccc(-c5c([2H])c([2H])c([2H])c([2H])c5[2H])cc4c4ccccc4c32)c([2H])c1[2H].c1ccc(-c2ccc3c(c2)sc2c4ccc(-c5cccc(-c6cccc7ccccc67)c5)cc4c4ccccc4c32)cc1.c1ccc(-c2cccc(-c3ccc4c(c3)c3ccccc3c3c5ccc(-c6ccccc6)cc5sc43)c2)cc1. The summed E-state index contributed by atoms with van der Waals surface area (Å²) in [4.78, 5) is 0. The molecule has 4 aromatic heterocycles. The van der Waals surface area contributed by atoms with Crippen molar-refractivity contribution in [3.8, 4) is 111 Å². The molecule has 0 bridgehead atoms. The molecule has 0 unspecified atom stereocenters. The fourth-order valence-corrected chi connectivity index (χ4v) is 27.3. The maximum atomic E-state index is 8.48. The van der Waals surface area contributed by atoms with E-state index in [9.17, 15) is 0 Å². The van der Waals surface area contributed by atoms with E-state index in [1.807, 2.05) is 102 Å². The fraction of sp³-hybridized carbons (Fsp3) is 0. The minimum atomic E-state index is -0.431. The van der Waals surface area contributed by atoms with Crippen molar-refractivity contribution in [3.63, 3.8) is 0 Å². The molecule has 690 valence electrons. The molecule has 0 saturated heterocycles. The van der Waals surface area contributed by atoms with Gasteiger partial charge in [0.15, 0.2) is 0 Å². The number of benzene rings is 27. The van der Waals surface area contributed by atoms with Crippen molar-refractivity contribution in [1.82, 2.24) is 0 Å². The van der Waals surface area contributed by atoms with Crippen molar-refractivity contribution in [3.05, 3.63) is 546 Å². The molecule has 0 amide bonds. The van der Waals surface area contributed by atoms with Gasteiger partial charge < -0.3 is 0 Å². The van der Waals surface area contributed by atoms with Crippen LogP contribution in [0.2, 0.25) is 0 Å². The van der Waals surface area contributed by atoms with E-state index in [1.54, 1.807) is 34.8 Å². The minimum absolute atomic E-state index is 0.150. The molecule has 0 atom stereocenters. The highest BCUT2D eigenvalue weighted by atomic mass is 32.1. The van der Waals surface area contributed by atoms with Gasteiger partial charge in [0, 0.05) is 102 Å². The molecule has 0 saturated carbocycles. The Kier molecular flexibility index (Phi) is 18.5. The second kappa shape index (κ2) is 37.4. The van der Waals surface area contributed by atoms with Gasteiger partial charge in [-0.25, -0.2) is 0 Å². The lowest BCUT2D eigenvalue weighted by molar-refractivity contribution is 1.60. The lowest BCUT2D eigenvalue weighted by Crippen LogP contribution is -1.85. The van der Waals surface area contributed by atoms with Crippen molar-refractivity contribution < 1.29 is 20.6 Å². The average molecular weight is 1960 g/mol. The molecular formula is C144H90S4.